The van der Waals surface area contributed by atoms with E-state index in [4.69, 9.17) is 4.74 Å². The normalized spacial score (nSPS) is 11.6. The Morgan fingerprint density at radius 2 is 2.16 bits per heavy atom. The van der Waals surface area contributed by atoms with Crippen LogP contribution in [0.15, 0.2) is 17.4 Å². The smallest absolute Gasteiger partial charge is 0.414 e. The summed E-state index contributed by atoms with van der Waals surface area (Å²) < 4.78 is 6.63. The van der Waals surface area contributed by atoms with Gasteiger partial charge in [0.15, 0.2) is 10.8 Å². The fourth-order valence-electron chi connectivity index (χ4n) is 1.37. The second kappa shape index (κ2) is 5.04. The lowest BCUT2D eigenvalue weighted by Gasteiger charge is -2.19. The van der Waals surface area contributed by atoms with E-state index in [2.05, 4.69) is 20.4 Å². The predicted molar refractivity (Wildman–Crippen MR) is 72.4 cm³/mol. The van der Waals surface area contributed by atoms with E-state index >= 15 is 0 Å². The maximum Gasteiger partial charge on any atom is 0.414 e. The van der Waals surface area contributed by atoms with Gasteiger partial charge in [0.1, 0.15) is 5.60 Å². The molecule has 0 spiro atoms. The molecule has 0 aromatic carbocycles. The van der Waals surface area contributed by atoms with Crippen LogP contribution in [0.3, 0.4) is 0 Å². The van der Waals surface area contributed by atoms with Gasteiger partial charge in [-0.15, -0.1) is 0 Å². The van der Waals surface area contributed by atoms with E-state index < -0.39 is 11.7 Å². The van der Waals surface area contributed by atoms with E-state index in [1.165, 1.54) is 16.3 Å². The number of aromatic nitrogens is 4. The summed E-state index contributed by atoms with van der Waals surface area (Å²) in [4.78, 5) is 20.2. The Bertz CT molecular complexity index is 605. The molecular formula is C11H15N5O2S. The molecule has 2 rings (SSSR count). The molecule has 0 radical (unpaired) electrons. The summed E-state index contributed by atoms with van der Waals surface area (Å²) in [6.45, 7) is 5.39. The summed E-state index contributed by atoms with van der Waals surface area (Å²) in [5.41, 5.74) is 0.0493. The fraction of sp³-hybridized carbons (Fsp3) is 0.455. The molecule has 2 aromatic rings. The molecule has 0 fully saturated rings. The molecule has 1 amide bonds. The number of carbonyl (C=O) groups is 1. The largest absolute Gasteiger partial charge is 0.444 e. The first kappa shape index (κ1) is 13.6. The Morgan fingerprint density at radius 3 is 2.79 bits per heavy atom. The Hall–Kier alpha value is -1.83. The van der Waals surface area contributed by atoms with Gasteiger partial charge in [-0.3, -0.25) is 5.32 Å². The summed E-state index contributed by atoms with van der Waals surface area (Å²) in [5.74, 6) is 0.286. The molecule has 0 saturated carbocycles. The Labute approximate surface area is 114 Å². The van der Waals surface area contributed by atoms with Crippen molar-refractivity contribution in [3.05, 3.63) is 12.3 Å². The number of hydrogen-bond donors (Lipinski definition) is 1. The second-order valence-corrected chi connectivity index (χ2v) is 5.54. The number of nitrogens with zero attached hydrogens (tertiary/aromatic N) is 4. The van der Waals surface area contributed by atoms with Crippen LogP contribution in [0.2, 0.25) is 0 Å². The number of carbonyl (C=O) groups excluding carboxylic acids is 1. The number of anilines is 1. The molecule has 0 bridgehead atoms. The van der Waals surface area contributed by atoms with Crippen LogP contribution in [0.1, 0.15) is 20.8 Å². The van der Waals surface area contributed by atoms with E-state index in [9.17, 15) is 4.79 Å². The van der Waals surface area contributed by atoms with Crippen molar-refractivity contribution in [1.29, 1.82) is 0 Å². The number of rotatable bonds is 2. The Balaban J connectivity index is 2.29. The van der Waals surface area contributed by atoms with Crippen molar-refractivity contribution in [2.45, 2.75) is 31.5 Å². The highest BCUT2D eigenvalue weighted by Gasteiger charge is 2.18. The van der Waals surface area contributed by atoms with Crippen LogP contribution < -0.4 is 5.32 Å². The van der Waals surface area contributed by atoms with Crippen molar-refractivity contribution < 1.29 is 9.53 Å². The molecule has 2 heterocycles. The zero-order valence-electron chi connectivity index (χ0n) is 11.2. The quantitative estimate of drug-likeness (QED) is 0.850. The molecule has 7 nitrogen and oxygen atoms in total. The average molecular weight is 281 g/mol. The molecule has 0 aliphatic heterocycles. The van der Waals surface area contributed by atoms with E-state index in [1.54, 1.807) is 33.0 Å². The van der Waals surface area contributed by atoms with Gasteiger partial charge in [0, 0.05) is 6.07 Å². The molecule has 0 atom stereocenters. The third kappa shape index (κ3) is 3.34. The van der Waals surface area contributed by atoms with Crippen molar-refractivity contribution in [3.63, 3.8) is 0 Å². The number of nitrogens with one attached hydrogen (secondary N) is 1. The predicted octanol–water partition coefficient (Wildman–Crippen LogP) is 2.19. The summed E-state index contributed by atoms with van der Waals surface area (Å²) in [6, 6.07) is 1.74. The maximum atomic E-state index is 11.8. The van der Waals surface area contributed by atoms with Crippen molar-refractivity contribution in [3.8, 4) is 0 Å². The molecule has 8 heteroatoms. The monoisotopic (exact) mass is 281 g/mol. The highest BCUT2D eigenvalue weighted by atomic mass is 32.2. The topological polar surface area (TPSA) is 81.4 Å². The van der Waals surface area contributed by atoms with E-state index in [0.717, 1.165) is 0 Å². The van der Waals surface area contributed by atoms with Crippen molar-refractivity contribution in [1.82, 2.24) is 19.6 Å². The lowest BCUT2D eigenvalue weighted by atomic mass is 10.2. The minimum atomic E-state index is -0.574. The lowest BCUT2D eigenvalue weighted by molar-refractivity contribution is 0.0634. The Kier molecular flexibility index (Phi) is 3.61. The first-order valence-electron chi connectivity index (χ1n) is 5.65. The number of thioether (sulfide) groups is 1. The van der Waals surface area contributed by atoms with Gasteiger partial charge in [-0.25, -0.2) is 9.78 Å². The zero-order chi connectivity index (χ0) is 14.0. The van der Waals surface area contributed by atoms with Crippen LogP contribution in [0.4, 0.5) is 10.7 Å². The van der Waals surface area contributed by atoms with Gasteiger partial charge in [0.05, 0.1) is 6.20 Å². The molecule has 0 unspecified atom stereocenters. The number of ether oxygens (including phenoxy) is 1. The molecule has 1 N–H and O–H groups in total. The van der Waals surface area contributed by atoms with Crippen LogP contribution in [0, 0.1) is 0 Å². The van der Waals surface area contributed by atoms with Crippen LogP contribution in [-0.4, -0.2) is 37.5 Å². The molecule has 0 aliphatic rings. The zero-order valence-corrected chi connectivity index (χ0v) is 12.0. The summed E-state index contributed by atoms with van der Waals surface area (Å²) in [7, 11) is 0. The first-order valence-corrected chi connectivity index (χ1v) is 6.87. The van der Waals surface area contributed by atoms with Crippen molar-refractivity contribution >= 4 is 29.5 Å². The van der Waals surface area contributed by atoms with Gasteiger partial charge in [0.25, 0.3) is 0 Å². The highest BCUT2D eigenvalue weighted by Crippen LogP contribution is 2.15. The fourth-order valence-corrected chi connectivity index (χ4v) is 1.73. The van der Waals surface area contributed by atoms with E-state index in [1.807, 2.05) is 6.26 Å². The van der Waals surface area contributed by atoms with E-state index in [-0.39, 0.29) is 5.95 Å². The van der Waals surface area contributed by atoms with Gasteiger partial charge in [-0.2, -0.15) is 14.6 Å². The van der Waals surface area contributed by atoms with Crippen LogP contribution in [-0.2, 0) is 4.74 Å². The highest BCUT2D eigenvalue weighted by molar-refractivity contribution is 7.98. The van der Waals surface area contributed by atoms with Crippen LogP contribution in [0.5, 0.6) is 0 Å². The second-order valence-electron chi connectivity index (χ2n) is 4.76. The first-order chi connectivity index (χ1) is 8.89. The third-order valence-corrected chi connectivity index (χ3v) is 2.58. The summed E-state index contributed by atoms with van der Waals surface area (Å²) >= 11 is 1.39. The standard InChI is InChI=1S/C11H15N5O2S/c1-11(2,3)18-10(17)15-8-14-9(19-4)13-7-5-6-12-16(7)8/h5-6H,1-4H3,(H,13,14,15,17). The van der Waals surface area contributed by atoms with Crippen molar-refractivity contribution in [2.75, 3.05) is 11.6 Å². The lowest BCUT2D eigenvalue weighted by Crippen LogP contribution is -2.28. The average Bonchev–Trinajstić information content (AvgIpc) is 2.74. The SMILES string of the molecule is CSc1nc(NC(=O)OC(C)(C)C)n2nccc2n1. The van der Waals surface area contributed by atoms with Gasteiger partial charge in [0.2, 0.25) is 5.95 Å². The number of fused-ring (bicyclic) bond motifs is 1. The molecule has 0 aliphatic carbocycles. The van der Waals surface area contributed by atoms with Gasteiger partial charge in [-0.1, -0.05) is 11.8 Å². The minimum absolute atomic E-state index is 0.286. The number of hydrogen-bond acceptors (Lipinski definition) is 6. The summed E-state index contributed by atoms with van der Waals surface area (Å²) in [6.07, 6.45) is 2.88. The third-order valence-electron chi connectivity index (χ3n) is 2.03. The summed E-state index contributed by atoms with van der Waals surface area (Å²) in [5, 5.41) is 7.19. The minimum Gasteiger partial charge on any atom is -0.444 e. The molecule has 19 heavy (non-hydrogen) atoms. The van der Waals surface area contributed by atoms with Crippen LogP contribution >= 0.6 is 11.8 Å². The Morgan fingerprint density at radius 1 is 1.42 bits per heavy atom. The van der Waals surface area contributed by atoms with Gasteiger partial charge < -0.3 is 4.74 Å². The van der Waals surface area contributed by atoms with Gasteiger partial charge in [-0.05, 0) is 27.0 Å². The van der Waals surface area contributed by atoms with Crippen LogP contribution in [0.25, 0.3) is 5.65 Å². The number of amides is 1. The van der Waals surface area contributed by atoms with Gasteiger partial charge >= 0.3 is 6.09 Å². The molecule has 2 aromatic heterocycles. The van der Waals surface area contributed by atoms with Crippen molar-refractivity contribution in [2.24, 2.45) is 0 Å². The maximum absolute atomic E-state index is 11.8. The molecular weight excluding hydrogens is 266 g/mol. The molecule has 102 valence electrons. The molecule has 0 saturated heterocycles. The van der Waals surface area contributed by atoms with E-state index in [0.29, 0.717) is 10.8 Å².